The Kier molecular flexibility index (Phi) is 5.21. The molecule has 1 aromatic carbocycles. The highest BCUT2D eigenvalue weighted by Crippen LogP contribution is 2.40. The summed E-state index contributed by atoms with van der Waals surface area (Å²) in [5, 5.41) is 14.1. The molecule has 1 aromatic heterocycles. The van der Waals surface area contributed by atoms with Crippen molar-refractivity contribution in [3.63, 3.8) is 0 Å². The van der Waals surface area contributed by atoms with Gasteiger partial charge in [0.15, 0.2) is 14.8 Å². The van der Waals surface area contributed by atoms with Crippen molar-refractivity contribution < 1.29 is 14.1 Å². The third-order valence-corrected chi connectivity index (χ3v) is 4.27. The van der Waals surface area contributed by atoms with Crippen molar-refractivity contribution in [2.24, 2.45) is 5.41 Å². The second-order valence-corrected chi connectivity index (χ2v) is 9.20. The molecule has 0 spiro atoms. The quantitative estimate of drug-likeness (QED) is 0.849. The van der Waals surface area contributed by atoms with E-state index in [0.29, 0.717) is 11.5 Å². The molecule has 0 radical (unpaired) electrons. The monoisotopic (exact) mass is 319 g/mol. The predicted molar refractivity (Wildman–Crippen MR) is 90.0 cm³/mol. The van der Waals surface area contributed by atoms with E-state index in [1.54, 1.807) is 0 Å². The fourth-order valence-corrected chi connectivity index (χ4v) is 3.51. The molecule has 5 heteroatoms. The van der Waals surface area contributed by atoms with Crippen LogP contribution in [-0.4, -0.2) is 19.3 Å². The van der Waals surface area contributed by atoms with Gasteiger partial charge in [-0.15, -0.1) is 0 Å². The zero-order valence-corrected chi connectivity index (χ0v) is 15.1. The van der Waals surface area contributed by atoms with Gasteiger partial charge in [-0.2, -0.15) is 0 Å². The molecule has 22 heavy (non-hydrogen) atoms. The highest BCUT2D eigenvalue weighted by atomic mass is 28.3. The maximum atomic E-state index is 9.85. The summed E-state index contributed by atoms with van der Waals surface area (Å²) in [6, 6.07) is 9.78. The van der Waals surface area contributed by atoms with Gasteiger partial charge in [-0.25, -0.2) is 0 Å². The number of rotatable bonds is 5. The van der Waals surface area contributed by atoms with Crippen LogP contribution in [0.2, 0.25) is 13.1 Å². The number of hydrogen-bond donors (Lipinski definition) is 1. The van der Waals surface area contributed by atoms with Crippen molar-refractivity contribution in [2.75, 3.05) is 0 Å². The molecule has 2 aromatic rings. The second kappa shape index (κ2) is 6.77. The Labute approximate surface area is 133 Å². The van der Waals surface area contributed by atoms with E-state index in [1.807, 2.05) is 30.3 Å². The van der Waals surface area contributed by atoms with Crippen LogP contribution in [0.5, 0.6) is 0 Å². The fourth-order valence-electron chi connectivity index (χ4n) is 2.43. The smallest absolute Gasteiger partial charge is 0.172 e. The van der Waals surface area contributed by atoms with E-state index in [2.05, 4.69) is 39.0 Å². The minimum Gasteiger partial charge on any atom is -0.410 e. The van der Waals surface area contributed by atoms with Crippen molar-refractivity contribution in [1.29, 1.82) is 0 Å². The normalized spacial score (nSPS) is 13.6. The topological polar surface area (TPSA) is 55.5 Å². The molecule has 1 N–H and O–H groups in total. The zero-order chi connectivity index (χ0) is 16.3. The molecular weight excluding hydrogens is 294 g/mol. The first kappa shape index (κ1) is 16.9. The van der Waals surface area contributed by atoms with Gasteiger partial charge in [0.2, 0.25) is 0 Å². The number of hydrogen-bond acceptors (Lipinski definition) is 4. The van der Waals surface area contributed by atoms with Gasteiger partial charge in [0.25, 0.3) is 0 Å². The number of aliphatic hydroxyl groups is 1. The Bertz CT molecular complexity index is 602. The summed E-state index contributed by atoms with van der Waals surface area (Å²) in [6.45, 7) is 10.5. The number of aliphatic hydroxyl groups excluding tert-OH is 1. The summed E-state index contributed by atoms with van der Waals surface area (Å²) in [5.41, 5.74) is 2.23. The van der Waals surface area contributed by atoms with Crippen molar-refractivity contribution >= 4 is 9.04 Å². The van der Waals surface area contributed by atoms with Crippen LogP contribution in [-0.2, 0) is 11.0 Å². The molecule has 120 valence electrons. The van der Waals surface area contributed by atoms with Crippen LogP contribution in [0.25, 0.3) is 11.3 Å². The Morgan fingerprint density at radius 1 is 1.23 bits per heavy atom. The Hall–Kier alpha value is -1.43. The highest BCUT2D eigenvalue weighted by molar-refractivity contribution is 6.48. The first-order valence-electron chi connectivity index (χ1n) is 7.64. The van der Waals surface area contributed by atoms with Crippen molar-refractivity contribution in [2.45, 2.75) is 46.6 Å². The van der Waals surface area contributed by atoms with Crippen molar-refractivity contribution in [1.82, 2.24) is 5.16 Å². The zero-order valence-electron chi connectivity index (χ0n) is 14.0. The summed E-state index contributed by atoms with van der Waals surface area (Å²) in [7, 11) is -1.26. The van der Waals surface area contributed by atoms with E-state index >= 15 is 0 Å². The summed E-state index contributed by atoms with van der Waals surface area (Å²) < 4.78 is 11.8. The largest absolute Gasteiger partial charge is 0.410 e. The van der Waals surface area contributed by atoms with Crippen LogP contribution in [0.1, 0.15) is 38.2 Å². The van der Waals surface area contributed by atoms with Crippen LogP contribution >= 0.6 is 0 Å². The third kappa shape index (κ3) is 3.66. The standard InChI is InChI=1S/C17H25NO3Si/c1-17(2,3)16(21-22(4)5)15-13(11-19)14(18-20-15)12-9-7-6-8-10-12/h6-10,16,19,22H,11H2,1-5H3. The summed E-state index contributed by atoms with van der Waals surface area (Å²) in [5.74, 6) is 0.648. The van der Waals surface area contributed by atoms with E-state index in [1.165, 1.54) is 0 Å². The summed E-state index contributed by atoms with van der Waals surface area (Å²) in [6.07, 6.45) is -0.203. The minimum absolute atomic E-state index is 0.112. The lowest BCUT2D eigenvalue weighted by molar-refractivity contribution is 0.0579. The SMILES string of the molecule is C[SiH](C)OC(c1onc(-c2ccccc2)c1CO)C(C)(C)C. The predicted octanol–water partition coefficient (Wildman–Crippen LogP) is 3.92. The number of nitrogens with zero attached hydrogens (tertiary/aromatic N) is 1. The van der Waals surface area contributed by atoms with Crippen LogP contribution in [0.15, 0.2) is 34.9 Å². The van der Waals surface area contributed by atoms with Crippen LogP contribution in [0.4, 0.5) is 0 Å². The molecule has 0 amide bonds. The summed E-state index contributed by atoms with van der Waals surface area (Å²) in [4.78, 5) is 0. The van der Waals surface area contributed by atoms with Gasteiger partial charge in [0.05, 0.1) is 12.2 Å². The van der Waals surface area contributed by atoms with E-state index in [4.69, 9.17) is 8.95 Å². The van der Waals surface area contributed by atoms with E-state index in [0.717, 1.165) is 11.1 Å². The van der Waals surface area contributed by atoms with Crippen molar-refractivity contribution in [3.8, 4) is 11.3 Å². The average Bonchev–Trinajstić information content (AvgIpc) is 2.87. The van der Waals surface area contributed by atoms with Crippen LogP contribution in [0.3, 0.4) is 0 Å². The maximum Gasteiger partial charge on any atom is 0.172 e. The van der Waals surface area contributed by atoms with Gasteiger partial charge in [-0.05, 0) is 18.5 Å². The first-order chi connectivity index (χ1) is 10.3. The van der Waals surface area contributed by atoms with Gasteiger partial charge in [-0.3, -0.25) is 0 Å². The number of aromatic nitrogens is 1. The van der Waals surface area contributed by atoms with Gasteiger partial charge < -0.3 is 14.1 Å². The Morgan fingerprint density at radius 3 is 2.36 bits per heavy atom. The molecule has 0 fully saturated rings. The third-order valence-electron chi connectivity index (χ3n) is 3.46. The van der Waals surface area contributed by atoms with Crippen LogP contribution in [0, 0.1) is 5.41 Å². The molecule has 2 rings (SSSR count). The molecule has 1 heterocycles. The molecule has 0 saturated carbocycles. The van der Waals surface area contributed by atoms with Crippen molar-refractivity contribution in [3.05, 3.63) is 41.7 Å². The lowest BCUT2D eigenvalue weighted by Gasteiger charge is -2.31. The summed E-state index contributed by atoms with van der Waals surface area (Å²) >= 11 is 0. The molecule has 4 nitrogen and oxygen atoms in total. The molecule has 1 atom stereocenters. The highest BCUT2D eigenvalue weighted by Gasteiger charge is 2.34. The van der Waals surface area contributed by atoms with E-state index in [9.17, 15) is 5.11 Å². The fraction of sp³-hybridized carbons (Fsp3) is 0.471. The Morgan fingerprint density at radius 2 is 1.86 bits per heavy atom. The van der Waals surface area contributed by atoms with E-state index < -0.39 is 9.04 Å². The van der Waals surface area contributed by atoms with Crippen LogP contribution < -0.4 is 0 Å². The molecule has 0 bridgehead atoms. The first-order valence-corrected chi connectivity index (χ1v) is 10.4. The van der Waals surface area contributed by atoms with Gasteiger partial charge in [-0.1, -0.05) is 56.3 Å². The van der Waals surface area contributed by atoms with Gasteiger partial charge >= 0.3 is 0 Å². The average molecular weight is 319 g/mol. The molecule has 0 aliphatic heterocycles. The lowest BCUT2D eigenvalue weighted by Crippen LogP contribution is -2.26. The van der Waals surface area contributed by atoms with Gasteiger partial charge in [0.1, 0.15) is 11.8 Å². The molecule has 0 aliphatic carbocycles. The second-order valence-electron chi connectivity index (χ2n) is 6.83. The maximum absolute atomic E-state index is 9.85. The number of benzene rings is 1. The Balaban J connectivity index is 2.49. The lowest BCUT2D eigenvalue weighted by atomic mass is 9.86. The minimum atomic E-state index is -1.26. The van der Waals surface area contributed by atoms with Gasteiger partial charge in [0, 0.05) is 5.56 Å². The van der Waals surface area contributed by atoms with E-state index in [-0.39, 0.29) is 18.1 Å². The molecule has 0 aliphatic rings. The molecule has 1 unspecified atom stereocenters. The molecule has 0 saturated heterocycles. The molecular formula is C17H25NO3Si.